The van der Waals surface area contributed by atoms with Crippen molar-refractivity contribution in [3.63, 3.8) is 0 Å². The van der Waals surface area contributed by atoms with Gasteiger partial charge >= 0.3 is 0 Å². The first-order valence-corrected chi connectivity index (χ1v) is 4.05. The van der Waals surface area contributed by atoms with Crippen molar-refractivity contribution in [1.29, 1.82) is 0 Å². The molecule has 2 aromatic rings. The van der Waals surface area contributed by atoms with Crippen molar-refractivity contribution in [3.8, 4) is 0 Å². The van der Waals surface area contributed by atoms with Crippen LogP contribution in [0.3, 0.4) is 0 Å². The minimum Gasteiger partial charge on any atom is -0.409 e. The van der Waals surface area contributed by atoms with Gasteiger partial charge in [-0.25, -0.2) is 9.50 Å². The number of rotatable bonds is 2. The summed E-state index contributed by atoms with van der Waals surface area (Å²) in [6.45, 7) is 0. The van der Waals surface area contributed by atoms with Crippen molar-refractivity contribution in [1.82, 2.24) is 14.6 Å². The smallest absolute Gasteiger partial charge is 0.158 e. The molecule has 0 aliphatic heterocycles. The summed E-state index contributed by atoms with van der Waals surface area (Å²) >= 11 is 0. The molecule has 3 N–H and O–H groups in total. The molecule has 6 nitrogen and oxygen atoms in total. The fraction of sp³-hybridized carbons (Fsp3) is 0.125. The lowest BCUT2D eigenvalue weighted by Crippen LogP contribution is -2.14. The van der Waals surface area contributed by atoms with E-state index in [4.69, 9.17) is 10.9 Å². The van der Waals surface area contributed by atoms with Gasteiger partial charge in [0.2, 0.25) is 0 Å². The minimum atomic E-state index is 0.144. The maximum atomic E-state index is 8.42. The van der Waals surface area contributed by atoms with Gasteiger partial charge in [0.05, 0.1) is 6.20 Å². The molecule has 0 bridgehead atoms. The Balaban J connectivity index is 2.43. The Morgan fingerprint density at radius 2 is 2.50 bits per heavy atom. The second-order valence-electron chi connectivity index (χ2n) is 2.83. The van der Waals surface area contributed by atoms with Gasteiger partial charge in [-0.1, -0.05) is 5.16 Å². The van der Waals surface area contributed by atoms with Crippen LogP contribution in [0.4, 0.5) is 0 Å². The molecule has 72 valence electrons. The molecule has 2 rings (SSSR count). The van der Waals surface area contributed by atoms with Crippen molar-refractivity contribution in [2.24, 2.45) is 10.9 Å². The van der Waals surface area contributed by atoms with Gasteiger partial charge in [-0.05, 0) is 6.07 Å². The van der Waals surface area contributed by atoms with E-state index >= 15 is 0 Å². The molecule has 0 radical (unpaired) electrons. The second-order valence-corrected chi connectivity index (χ2v) is 2.83. The standard InChI is InChI=1S/C8H9N5O/c9-7(12-14)4-6-5-11-13-3-1-2-10-8(6)13/h1-3,5,14H,4H2,(H2,9,12). The van der Waals surface area contributed by atoms with Crippen LogP contribution < -0.4 is 5.73 Å². The van der Waals surface area contributed by atoms with E-state index in [-0.39, 0.29) is 5.84 Å². The van der Waals surface area contributed by atoms with Gasteiger partial charge in [0.1, 0.15) is 5.84 Å². The highest BCUT2D eigenvalue weighted by atomic mass is 16.4. The third-order valence-electron chi connectivity index (χ3n) is 1.85. The lowest BCUT2D eigenvalue weighted by Gasteiger charge is -1.95. The third kappa shape index (κ3) is 1.37. The summed E-state index contributed by atoms with van der Waals surface area (Å²) < 4.78 is 1.64. The van der Waals surface area contributed by atoms with Crippen molar-refractivity contribution in [2.45, 2.75) is 6.42 Å². The number of nitrogens with two attached hydrogens (primary N) is 1. The molecule has 6 heteroatoms. The van der Waals surface area contributed by atoms with Crippen LogP contribution in [-0.4, -0.2) is 25.6 Å². The van der Waals surface area contributed by atoms with Gasteiger partial charge in [-0.3, -0.25) is 0 Å². The molecule has 0 atom stereocenters. The van der Waals surface area contributed by atoms with Crippen molar-refractivity contribution in [3.05, 3.63) is 30.2 Å². The summed E-state index contributed by atoms with van der Waals surface area (Å²) in [5.74, 6) is 0.144. The maximum Gasteiger partial charge on any atom is 0.158 e. The molecule has 0 unspecified atom stereocenters. The van der Waals surface area contributed by atoms with E-state index in [9.17, 15) is 0 Å². The molecule has 2 aromatic heterocycles. The zero-order valence-electron chi connectivity index (χ0n) is 7.33. The Kier molecular flexibility index (Phi) is 2.02. The highest BCUT2D eigenvalue weighted by Crippen LogP contribution is 2.07. The Morgan fingerprint density at radius 3 is 3.29 bits per heavy atom. The molecule has 0 amide bonds. The second kappa shape index (κ2) is 3.33. The largest absolute Gasteiger partial charge is 0.409 e. The topological polar surface area (TPSA) is 88.8 Å². The lowest BCUT2D eigenvalue weighted by molar-refractivity contribution is 0.317. The van der Waals surface area contributed by atoms with E-state index in [0.717, 1.165) is 11.2 Å². The first-order chi connectivity index (χ1) is 6.81. The van der Waals surface area contributed by atoms with Crippen LogP contribution in [0.5, 0.6) is 0 Å². The Morgan fingerprint density at radius 1 is 1.64 bits per heavy atom. The number of hydrogen-bond acceptors (Lipinski definition) is 4. The van der Waals surface area contributed by atoms with E-state index in [1.54, 1.807) is 29.2 Å². The van der Waals surface area contributed by atoms with E-state index in [1.165, 1.54) is 0 Å². The van der Waals surface area contributed by atoms with Gasteiger partial charge in [-0.15, -0.1) is 0 Å². The number of oxime groups is 1. The summed E-state index contributed by atoms with van der Waals surface area (Å²) in [6.07, 6.45) is 5.46. The van der Waals surface area contributed by atoms with E-state index < -0.39 is 0 Å². The van der Waals surface area contributed by atoms with Gasteiger partial charge in [-0.2, -0.15) is 5.10 Å². The van der Waals surface area contributed by atoms with Crippen LogP contribution in [0.1, 0.15) is 5.56 Å². The number of nitrogens with zero attached hydrogens (tertiary/aromatic N) is 4. The van der Waals surface area contributed by atoms with Crippen LogP contribution >= 0.6 is 0 Å². The summed E-state index contributed by atoms with van der Waals surface area (Å²) in [7, 11) is 0. The Labute approximate surface area is 79.7 Å². The molecule has 14 heavy (non-hydrogen) atoms. The number of amidine groups is 1. The van der Waals surface area contributed by atoms with Crippen molar-refractivity contribution < 1.29 is 5.21 Å². The number of hydrogen-bond donors (Lipinski definition) is 2. The van der Waals surface area contributed by atoms with Crippen LogP contribution in [-0.2, 0) is 6.42 Å². The minimum absolute atomic E-state index is 0.144. The molecular formula is C8H9N5O. The molecule has 0 fully saturated rings. The zero-order chi connectivity index (χ0) is 9.97. The molecule has 2 heterocycles. The molecular weight excluding hydrogens is 182 g/mol. The first-order valence-electron chi connectivity index (χ1n) is 4.05. The maximum absolute atomic E-state index is 8.42. The average molecular weight is 191 g/mol. The average Bonchev–Trinajstić information content (AvgIpc) is 2.62. The third-order valence-corrected chi connectivity index (χ3v) is 1.85. The normalized spacial score (nSPS) is 12.1. The zero-order valence-corrected chi connectivity index (χ0v) is 7.33. The lowest BCUT2D eigenvalue weighted by atomic mass is 10.2. The summed E-state index contributed by atoms with van der Waals surface area (Å²) in [6, 6.07) is 1.78. The molecule has 0 aliphatic carbocycles. The van der Waals surface area contributed by atoms with Crippen LogP contribution in [0.25, 0.3) is 5.65 Å². The molecule has 0 spiro atoms. The van der Waals surface area contributed by atoms with Gasteiger partial charge in [0.25, 0.3) is 0 Å². The molecule has 0 saturated carbocycles. The van der Waals surface area contributed by atoms with Gasteiger partial charge in [0, 0.05) is 24.4 Å². The van der Waals surface area contributed by atoms with Crippen LogP contribution in [0, 0.1) is 0 Å². The number of fused-ring (bicyclic) bond motifs is 1. The predicted octanol–water partition coefficient (Wildman–Crippen LogP) is 0.0182. The van der Waals surface area contributed by atoms with Gasteiger partial charge < -0.3 is 10.9 Å². The monoisotopic (exact) mass is 191 g/mol. The SMILES string of the molecule is N/C(Cc1cnn2cccnc12)=N\O. The molecule has 0 aromatic carbocycles. The predicted molar refractivity (Wildman–Crippen MR) is 50.1 cm³/mol. The van der Waals surface area contributed by atoms with Crippen LogP contribution in [0.15, 0.2) is 29.8 Å². The summed E-state index contributed by atoms with van der Waals surface area (Å²) in [5, 5.41) is 15.4. The quantitative estimate of drug-likeness (QED) is 0.303. The highest BCUT2D eigenvalue weighted by molar-refractivity contribution is 5.83. The summed E-state index contributed by atoms with van der Waals surface area (Å²) in [5.41, 5.74) is 6.95. The van der Waals surface area contributed by atoms with E-state index in [2.05, 4.69) is 15.2 Å². The van der Waals surface area contributed by atoms with E-state index in [1.807, 2.05) is 0 Å². The van der Waals surface area contributed by atoms with Crippen molar-refractivity contribution >= 4 is 11.5 Å². The Hall–Kier alpha value is -2.11. The Bertz CT molecular complexity index is 475. The van der Waals surface area contributed by atoms with Crippen LogP contribution in [0.2, 0.25) is 0 Å². The van der Waals surface area contributed by atoms with Gasteiger partial charge in [0.15, 0.2) is 5.65 Å². The highest BCUT2D eigenvalue weighted by Gasteiger charge is 2.06. The van der Waals surface area contributed by atoms with E-state index in [0.29, 0.717) is 6.42 Å². The molecule has 0 saturated heterocycles. The molecule has 0 aliphatic rings. The fourth-order valence-corrected chi connectivity index (χ4v) is 1.23. The van der Waals surface area contributed by atoms with Crippen molar-refractivity contribution in [2.75, 3.05) is 0 Å². The summed E-state index contributed by atoms with van der Waals surface area (Å²) in [4.78, 5) is 4.14. The number of aromatic nitrogens is 3. The first kappa shape index (κ1) is 8.49. The fourth-order valence-electron chi connectivity index (χ4n) is 1.23.